The lowest BCUT2D eigenvalue weighted by atomic mass is 9.55. The number of aliphatic hydroxyl groups excluding tert-OH is 2. The van der Waals surface area contributed by atoms with Gasteiger partial charge in [-0.25, -0.2) is 4.79 Å². The Labute approximate surface area is 340 Å². The molecule has 0 aromatic rings. The molecular formula is C42H62O16. The van der Waals surface area contributed by atoms with Crippen LogP contribution in [0.3, 0.4) is 0 Å². The molecule has 0 aromatic carbocycles. The van der Waals surface area contributed by atoms with E-state index in [9.17, 15) is 19.8 Å². The fourth-order valence-electron chi connectivity index (χ4n) is 11.1. The Kier molecular flexibility index (Phi) is 12.2. The Morgan fingerprint density at radius 1 is 0.776 bits per heavy atom. The molecule has 326 valence electrons. The van der Waals surface area contributed by atoms with Crippen molar-refractivity contribution in [2.24, 2.45) is 23.2 Å². The number of hydrogen-bond donors (Lipinski definition) is 2. The topological polar surface area (TPSA) is 185 Å². The van der Waals surface area contributed by atoms with Crippen LogP contribution in [0.15, 0.2) is 23.3 Å². The van der Waals surface area contributed by atoms with Gasteiger partial charge in [0, 0.05) is 46.7 Å². The molecule has 8 aliphatic rings. The SMILES string of the molecule is CO[C@@H]1[C@@H](O)[C@H](O[C@H]2CC[C@@]3(C)C(=CCC4C(=O)OC5CO[C@]6(C)OC(=O)/C(=C/CC43)C56)C2)O[C@H](C)[C@H]1O[C@H]1C[C@H](OC)[C@@H](O[C@H]2C[C@H](OC)[C@H](O)[C@@H](C)O2)[C@H](C)O1. The number of allylic oxidation sites excluding steroid dienone is 2. The Bertz CT molecular complexity index is 1590. The summed E-state index contributed by atoms with van der Waals surface area (Å²) in [5, 5.41) is 22.0. The standard InChI is InChI=1S/C42H62O16/c1-19-33(43)27(47-6)16-30(51-19)56-35-20(2)52-31(17-28(35)48-7)57-36-21(3)53-40(34(44)37(36)49-8)54-23-13-14-41(4)22(15-23)9-10-24-26(41)12-11-25-32-29(55-38(24)45)18-50-42(32,5)58-39(25)46/h9,11,19-21,23-24,26-37,40,43-44H,10,12-18H2,1-8H3/b25-11+/t19-,20+,21-,23+,24?,26?,27+,28+,29?,30+,31+,32?,33-,34-,35+,36-,37-,40+,41+,42-/m1/s1. The highest BCUT2D eigenvalue weighted by Gasteiger charge is 2.61. The van der Waals surface area contributed by atoms with Crippen LogP contribution in [0.2, 0.25) is 0 Å². The molecule has 2 N–H and O–H groups in total. The van der Waals surface area contributed by atoms with Crippen molar-refractivity contribution < 1.29 is 76.6 Å². The molecule has 5 saturated heterocycles. The summed E-state index contributed by atoms with van der Waals surface area (Å²) in [5.41, 5.74) is 1.40. The summed E-state index contributed by atoms with van der Waals surface area (Å²) < 4.78 is 72.7. The maximum absolute atomic E-state index is 13.7. The van der Waals surface area contributed by atoms with Crippen LogP contribution in [0.5, 0.6) is 0 Å². The highest BCUT2D eigenvalue weighted by Crippen LogP contribution is 2.56. The van der Waals surface area contributed by atoms with Crippen LogP contribution in [0.1, 0.15) is 79.6 Å². The number of aliphatic hydroxyl groups is 2. The van der Waals surface area contributed by atoms with Gasteiger partial charge in [-0.2, -0.15) is 0 Å². The number of methoxy groups -OCH3 is 3. The number of carbonyl (C=O) groups is 2. The molecule has 6 fully saturated rings. The molecule has 0 aromatic heterocycles. The second-order valence-corrected chi connectivity index (χ2v) is 17.8. The van der Waals surface area contributed by atoms with E-state index in [0.717, 1.165) is 6.42 Å². The number of esters is 2. The lowest BCUT2D eigenvalue weighted by molar-refractivity contribution is -0.353. The predicted molar refractivity (Wildman–Crippen MR) is 199 cm³/mol. The highest BCUT2D eigenvalue weighted by molar-refractivity contribution is 5.92. The van der Waals surface area contributed by atoms with E-state index >= 15 is 0 Å². The van der Waals surface area contributed by atoms with Gasteiger partial charge in [-0.3, -0.25) is 4.79 Å². The van der Waals surface area contributed by atoms with Crippen LogP contribution in [0.25, 0.3) is 0 Å². The highest BCUT2D eigenvalue weighted by atomic mass is 16.8. The largest absolute Gasteiger partial charge is 0.459 e. The fraction of sp³-hybridized carbons (Fsp3) is 0.857. The molecular weight excluding hydrogens is 760 g/mol. The van der Waals surface area contributed by atoms with E-state index in [2.05, 4.69) is 13.0 Å². The van der Waals surface area contributed by atoms with Gasteiger partial charge in [-0.15, -0.1) is 0 Å². The third-order valence-corrected chi connectivity index (χ3v) is 14.4. The average molecular weight is 823 g/mol. The minimum absolute atomic E-state index is 0.0780. The zero-order valence-electron chi connectivity index (χ0n) is 34.8. The molecule has 16 nitrogen and oxygen atoms in total. The van der Waals surface area contributed by atoms with Crippen molar-refractivity contribution in [3.8, 4) is 0 Å². The van der Waals surface area contributed by atoms with Crippen molar-refractivity contribution in [2.75, 3.05) is 27.9 Å². The second-order valence-electron chi connectivity index (χ2n) is 17.8. The molecule has 0 spiro atoms. The number of hydrogen-bond acceptors (Lipinski definition) is 16. The number of carbonyl (C=O) groups excluding carboxylic acids is 2. The van der Waals surface area contributed by atoms with Crippen LogP contribution in [0, 0.1) is 23.2 Å². The molecule has 6 aliphatic heterocycles. The lowest BCUT2D eigenvalue weighted by Gasteiger charge is -2.51. The first-order valence-electron chi connectivity index (χ1n) is 21.0. The molecule has 8 rings (SSSR count). The van der Waals surface area contributed by atoms with E-state index in [1.165, 1.54) is 12.7 Å². The summed E-state index contributed by atoms with van der Waals surface area (Å²) in [6.07, 6.45) is -1.34. The molecule has 0 amide bonds. The van der Waals surface area contributed by atoms with Gasteiger partial charge in [-0.05, 0) is 64.2 Å². The first kappa shape index (κ1) is 42.6. The maximum Gasteiger partial charge on any atom is 0.336 e. The quantitative estimate of drug-likeness (QED) is 0.255. The van der Waals surface area contributed by atoms with Crippen molar-refractivity contribution >= 4 is 11.9 Å². The monoisotopic (exact) mass is 822 g/mol. The summed E-state index contributed by atoms with van der Waals surface area (Å²) in [6.45, 7) is 9.66. The lowest BCUT2D eigenvalue weighted by Crippen LogP contribution is -2.61. The van der Waals surface area contributed by atoms with Crippen LogP contribution in [0.4, 0.5) is 0 Å². The summed E-state index contributed by atoms with van der Waals surface area (Å²) >= 11 is 0. The summed E-state index contributed by atoms with van der Waals surface area (Å²) in [5.74, 6) is -2.67. The van der Waals surface area contributed by atoms with Gasteiger partial charge in [0.2, 0.25) is 5.79 Å². The van der Waals surface area contributed by atoms with Gasteiger partial charge < -0.3 is 67.1 Å². The normalized spacial score (nSPS) is 51.4. The first-order valence-corrected chi connectivity index (χ1v) is 21.0. The van der Waals surface area contributed by atoms with Crippen LogP contribution in [-0.4, -0.2) is 148 Å². The summed E-state index contributed by atoms with van der Waals surface area (Å²) in [6, 6.07) is 0. The maximum atomic E-state index is 13.7. The molecule has 1 saturated carbocycles. The Hall–Kier alpha value is -2.06. The summed E-state index contributed by atoms with van der Waals surface area (Å²) in [4.78, 5) is 26.7. The van der Waals surface area contributed by atoms with E-state index in [1.807, 2.05) is 19.9 Å². The minimum Gasteiger partial charge on any atom is -0.459 e. The van der Waals surface area contributed by atoms with E-state index in [1.54, 1.807) is 28.1 Å². The molecule has 58 heavy (non-hydrogen) atoms. The van der Waals surface area contributed by atoms with Crippen molar-refractivity contribution in [1.29, 1.82) is 0 Å². The smallest absolute Gasteiger partial charge is 0.336 e. The molecule has 2 aliphatic carbocycles. The molecule has 20 atom stereocenters. The Morgan fingerprint density at radius 2 is 1.47 bits per heavy atom. The van der Waals surface area contributed by atoms with Gasteiger partial charge >= 0.3 is 11.9 Å². The molecule has 16 heteroatoms. The van der Waals surface area contributed by atoms with Crippen molar-refractivity contribution in [2.45, 2.75) is 177 Å². The van der Waals surface area contributed by atoms with Gasteiger partial charge in [0.1, 0.15) is 36.6 Å². The molecule has 6 heterocycles. The van der Waals surface area contributed by atoms with Gasteiger partial charge in [0.15, 0.2) is 18.9 Å². The van der Waals surface area contributed by atoms with E-state index < -0.39 is 104 Å². The molecule has 0 radical (unpaired) electrons. The summed E-state index contributed by atoms with van der Waals surface area (Å²) in [7, 11) is 4.70. The van der Waals surface area contributed by atoms with Gasteiger partial charge in [0.05, 0.1) is 55.1 Å². The van der Waals surface area contributed by atoms with Crippen molar-refractivity contribution in [1.82, 2.24) is 0 Å². The number of fused-ring (bicyclic) bond motifs is 3. The van der Waals surface area contributed by atoms with Crippen molar-refractivity contribution in [3.63, 3.8) is 0 Å². The number of ether oxygens (including phenoxy) is 12. The average Bonchev–Trinajstić information content (AvgIpc) is 3.65. The first-order chi connectivity index (χ1) is 27.7. The van der Waals surface area contributed by atoms with Crippen LogP contribution < -0.4 is 0 Å². The van der Waals surface area contributed by atoms with Gasteiger partial charge in [-0.1, -0.05) is 24.6 Å². The third kappa shape index (κ3) is 7.61. The van der Waals surface area contributed by atoms with E-state index in [0.29, 0.717) is 44.1 Å². The third-order valence-electron chi connectivity index (χ3n) is 14.4. The Balaban J connectivity index is 0.889. The zero-order valence-corrected chi connectivity index (χ0v) is 34.8. The van der Waals surface area contributed by atoms with Crippen molar-refractivity contribution in [3.05, 3.63) is 23.3 Å². The van der Waals surface area contributed by atoms with Crippen LogP contribution in [-0.2, 0) is 66.4 Å². The van der Waals surface area contributed by atoms with E-state index in [4.69, 9.17) is 56.8 Å². The zero-order chi connectivity index (χ0) is 41.3. The minimum atomic E-state index is -1.16. The fourth-order valence-corrected chi connectivity index (χ4v) is 11.1. The predicted octanol–water partition coefficient (Wildman–Crippen LogP) is 2.84. The molecule has 4 unspecified atom stereocenters. The molecule has 0 bridgehead atoms. The van der Waals surface area contributed by atoms with Gasteiger partial charge in [0.25, 0.3) is 0 Å². The second kappa shape index (κ2) is 16.7. The number of rotatable bonds is 9. The van der Waals surface area contributed by atoms with E-state index in [-0.39, 0.29) is 35.9 Å². The Morgan fingerprint density at radius 3 is 2.19 bits per heavy atom. The van der Waals surface area contributed by atoms with Crippen LogP contribution >= 0.6 is 0 Å².